The van der Waals surface area contributed by atoms with Crippen molar-refractivity contribution in [2.75, 3.05) is 0 Å². The molecule has 0 nitrogen and oxygen atoms in total. The summed E-state index contributed by atoms with van der Waals surface area (Å²) in [6, 6.07) is 8.45. The van der Waals surface area contributed by atoms with Crippen molar-refractivity contribution >= 4 is 27.7 Å². The van der Waals surface area contributed by atoms with Gasteiger partial charge in [0.1, 0.15) is 0 Å². The second-order valence-electron chi connectivity index (χ2n) is 2.75. The highest BCUT2D eigenvalue weighted by Gasteiger charge is 2.15. The molecule has 62 valence electrons. The fraction of sp³-hybridized carbons (Fsp3) is 0.200. The number of hydrogen-bond acceptors (Lipinski definition) is 1. The lowest BCUT2D eigenvalue weighted by molar-refractivity contribution is 0.983. The number of rotatable bonds is 1. The number of allylic oxidation sites excluding steroid dienone is 1. The molecule has 1 aromatic carbocycles. The highest BCUT2D eigenvalue weighted by Crippen LogP contribution is 2.40. The predicted octanol–water partition coefficient (Wildman–Crippen LogP) is 4.14. The van der Waals surface area contributed by atoms with Gasteiger partial charge in [0.15, 0.2) is 0 Å². The van der Waals surface area contributed by atoms with E-state index in [1.807, 2.05) is 11.8 Å². The molecular weight excluding hydrogens is 232 g/mol. The van der Waals surface area contributed by atoms with Crippen LogP contribution in [0, 0.1) is 0 Å². The summed E-state index contributed by atoms with van der Waals surface area (Å²) in [5.74, 6) is 0. The first-order chi connectivity index (χ1) is 5.88. The van der Waals surface area contributed by atoms with E-state index in [1.165, 1.54) is 10.0 Å². The Labute approximate surface area is 85.2 Å². The van der Waals surface area contributed by atoms with Gasteiger partial charge in [-0.05, 0) is 23.5 Å². The van der Waals surface area contributed by atoms with Gasteiger partial charge in [-0.3, -0.25) is 0 Å². The third kappa shape index (κ3) is 1.59. The Kier molecular flexibility index (Phi) is 2.57. The summed E-state index contributed by atoms with van der Waals surface area (Å²) in [7, 11) is 0. The number of halogens is 1. The Hall–Kier alpha value is -0.210. The fourth-order valence-electron chi connectivity index (χ4n) is 1.32. The molecule has 0 aromatic heterocycles. The Morgan fingerprint density at radius 3 is 2.83 bits per heavy atom. The van der Waals surface area contributed by atoms with E-state index in [4.69, 9.17) is 0 Å². The van der Waals surface area contributed by atoms with Crippen molar-refractivity contribution < 1.29 is 0 Å². The molecule has 1 aliphatic heterocycles. The number of thioether (sulfide) groups is 1. The van der Waals surface area contributed by atoms with Gasteiger partial charge in [0.25, 0.3) is 0 Å². The van der Waals surface area contributed by atoms with Crippen molar-refractivity contribution in [3.63, 3.8) is 0 Å². The normalized spacial score (nSPS) is 21.6. The predicted molar refractivity (Wildman–Crippen MR) is 58.2 cm³/mol. The van der Waals surface area contributed by atoms with E-state index in [0.717, 1.165) is 6.42 Å². The second-order valence-corrected chi connectivity index (χ2v) is 4.72. The molecule has 0 aliphatic carbocycles. The summed E-state index contributed by atoms with van der Waals surface area (Å²) in [6.45, 7) is 0. The zero-order chi connectivity index (χ0) is 8.39. The average Bonchev–Trinajstić information content (AvgIpc) is 2.57. The summed E-state index contributed by atoms with van der Waals surface area (Å²) in [5.41, 5.74) is 1.41. The first-order valence-corrected chi connectivity index (χ1v) is 5.66. The first kappa shape index (κ1) is 8.39. The zero-order valence-electron chi connectivity index (χ0n) is 6.53. The molecule has 0 amide bonds. The molecule has 0 radical (unpaired) electrons. The van der Waals surface area contributed by atoms with Crippen LogP contribution in [0.5, 0.6) is 0 Å². The van der Waals surface area contributed by atoms with Gasteiger partial charge in [-0.25, -0.2) is 0 Å². The highest BCUT2D eigenvalue weighted by atomic mass is 79.9. The van der Waals surface area contributed by atoms with Crippen LogP contribution in [0.3, 0.4) is 0 Å². The van der Waals surface area contributed by atoms with E-state index in [0.29, 0.717) is 5.25 Å². The smallest absolute Gasteiger partial charge is 0.0384 e. The zero-order valence-corrected chi connectivity index (χ0v) is 8.94. The van der Waals surface area contributed by atoms with Gasteiger partial charge in [-0.1, -0.05) is 40.2 Å². The molecule has 0 spiro atoms. The minimum Gasteiger partial charge on any atom is -0.126 e. The van der Waals surface area contributed by atoms with Crippen molar-refractivity contribution in [2.45, 2.75) is 11.7 Å². The Morgan fingerprint density at radius 1 is 1.33 bits per heavy atom. The van der Waals surface area contributed by atoms with Crippen LogP contribution in [0.15, 0.2) is 40.2 Å². The van der Waals surface area contributed by atoms with Gasteiger partial charge in [0.05, 0.1) is 0 Å². The molecule has 1 aliphatic rings. The topological polar surface area (TPSA) is 0 Å². The quantitative estimate of drug-likeness (QED) is 0.712. The lowest BCUT2D eigenvalue weighted by Gasteiger charge is -2.10. The Morgan fingerprint density at radius 2 is 2.17 bits per heavy atom. The molecule has 0 saturated carbocycles. The summed E-state index contributed by atoms with van der Waals surface area (Å²) in [4.78, 5) is 0. The van der Waals surface area contributed by atoms with Crippen LogP contribution < -0.4 is 0 Å². The van der Waals surface area contributed by atoms with E-state index < -0.39 is 0 Å². The van der Waals surface area contributed by atoms with Crippen molar-refractivity contribution in [1.29, 1.82) is 0 Å². The third-order valence-electron chi connectivity index (χ3n) is 1.94. The molecule has 0 N–H and O–H groups in total. The number of hydrogen-bond donors (Lipinski definition) is 0. The Balaban J connectivity index is 2.27. The van der Waals surface area contributed by atoms with E-state index in [1.54, 1.807) is 0 Å². The van der Waals surface area contributed by atoms with Crippen LogP contribution in [-0.2, 0) is 0 Å². The molecular formula is C10H9BrS. The lowest BCUT2D eigenvalue weighted by atomic mass is 10.1. The van der Waals surface area contributed by atoms with Gasteiger partial charge in [-0.15, -0.1) is 11.8 Å². The highest BCUT2D eigenvalue weighted by molar-refractivity contribution is 9.10. The van der Waals surface area contributed by atoms with Gasteiger partial charge < -0.3 is 0 Å². The molecule has 2 heteroatoms. The second kappa shape index (κ2) is 3.67. The van der Waals surface area contributed by atoms with E-state index in [2.05, 4.69) is 51.7 Å². The fourth-order valence-corrected chi connectivity index (χ4v) is 3.02. The average molecular weight is 241 g/mol. The van der Waals surface area contributed by atoms with Gasteiger partial charge >= 0.3 is 0 Å². The molecule has 1 unspecified atom stereocenters. The molecule has 1 atom stereocenters. The third-order valence-corrected chi connectivity index (χ3v) is 3.79. The maximum absolute atomic E-state index is 3.57. The van der Waals surface area contributed by atoms with Crippen molar-refractivity contribution in [2.24, 2.45) is 0 Å². The van der Waals surface area contributed by atoms with Gasteiger partial charge in [-0.2, -0.15) is 0 Å². The maximum atomic E-state index is 3.57. The van der Waals surface area contributed by atoms with Crippen LogP contribution in [0.4, 0.5) is 0 Å². The molecule has 12 heavy (non-hydrogen) atoms. The van der Waals surface area contributed by atoms with E-state index in [-0.39, 0.29) is 0 Å². The minimum atomic E-state index is 0.626. The summed E-state index contributed by atoms with van der Waals surface area (Å²) < 4.78 is 1.23. The molecule has 0 bridgehead atoms. The SMILES string of the molecule is Brc1ccccc1C1CC=CS1. The van der Waals surface area contributed by atoms with E-state index in [9.17, 15) is 0 Å². The van der Waals surface area contributed by atoms with Gasteiger partial charge in [0, 0.05) is 9.72 Å². The molecule has 1 heterocycles. The standard InChI is InChI=1S/C10H9BrS/c11-9-5-2-1-4-8(9)10-6-3-7-12-10/h1-5,7,10H,6H2. The molecule has 1 aromatic rings. The van der Waals surface area contributed by atoms with Gasteiger partial charge in [0.2, 0.25) is 0 Å². The van der Waals surface area contributed by atoms with Crippen LogP contribution in [0.2, 0.25) is 0 Å². The van der Waals surface area contributed by atoms with Crippen LogP contribution >= 0.6 is 27.7 Å². The van der Waals surface area contributed by atoms with Crippen molar-refractivity contribution in [3.05, 3.63) is 45.8 Å². The number of benzene rings is 1. The van der Waals surface area contributed by atoms with Crippen LogP contribution in [-0.4, -0.2) is 0 Å². The van der Waals surface area contributed by atoms with Crippen LogP contribution in [0.1, 0.15) is 17.2 Å². The van der Waals surface area contributed by atoms with Crippen LogP contribution in [0.25, 0.3) is 0 Å². The Bertz CT molecular complexity index is 298. The molecule has 0 fully saturated rings. The van der Waals surface area contributed by atoms with Crippen molar-refractivity contribution in [3.8, 4) is 0 Å². The summed E-state index contributed by atoms with van der Waals surface area (Å²) in [5, 5.41) is 2.81. The van der Waals surface area contributed by atoms with E-state index >= 15 is 0 Å². The van der Waals surface area contributed by atoms with Crippen molar-refractivity contribution in [1.82, 2.24) is 0 Å². The summed E-state index contributed by atoms with van der Waals surface area (Å²) in [6.07, 6.45) is 3.39. The first-order valence-electron chi connectivity index (χ1n) is 3.93. The maximum Gasteiger partial charge on any atom is 0.0384 e. The summed E-state index contributed by atoms with van der Waals surface area (Å²) >= 11 is 5.46. The minimum absolute atomic E-state index is 0.626. The molecule has 0 saturated heterocycles. The molecule has 2 rings (SSSR count). The largest absolute Gasteiger partial charge is 0.126 e. The lowest BCUT2D eigenvalue weighted by Crippen LogP contribution is -1.89. The monoisotopic (exact) mass is 240 g/mol.